The smallest absolute Gasteiger partial charge is 0.119 e. The van der Waals surface area contributed by atoms with Gasteiger partial charge < -0.3 is 10.1 Å². The third-order valence-electron chi connectivity index (χ3n) is 2.42. The predicted octanol–water partition coefficient (Wildman–Crippen LogP) is 1.97. The van der Waals surface area contributed by atoms with E-state index in [1.54, 1.807) is 11.3 Å². The molecular weight excluding hydrogens is 208 g/mol. The fourth-order valence-electron chi connectivity index (χ4n) is 1.41. The first-order valence-corrected chi connectivity index (χ1v) is 6.51. The zero-order chi connectivity index (χ0) is 10.5. The number of thiazole rings is 1. The first-order valence-electron chi connectivity index (χ1n) is 5.63. The molecule has 0 unspecified atom stereocenters. The highest BCUT2D eigenvalue weighted by Gasteiger charge is 2.19. The Bertz CT molecular complexity index is 297. The SMILES string of the molecule is CCOCc1nc(CCNC2CC2)cs1. The van der Waals surface area contributed by atoms with Gasteiger partial charge in [0, 0.05) is 31.0 Å². The van der Waals surface area contributed by atoms with E-state index in [9.17, 15) is 0 Å². The number of hydrogen-bond acceptors (Lipinski definition) is 4. The van der Waals surface area contributed by atoms with Crippen molar-refractivity contribution in [1.82, 2.24) is 10.3 Å². The maximum absolute atomic E-state index is 5.32. The van der Waals surface area contributed by atoms with Crippen LogP contribution in [-0.2, 0) is 17.8 Å². The van der Waals surface area contributed by atoms with Gasteiger partial charge in [0.1, 0.15) is 5.01 Å². The van der Waals surface area contributed by atoms with Crippen LogP contribution in [0.4, 0.5) is 0 Å². The lowest BCUT2D eigenvalue weighted by Gasteiger charge is -1.99. The Balaban J connectivity index is 1.68. The van der Waals surface area contributed by atoms with Crippen LogP contribution in [0.15, 0.2) is 5.38 Å². The molecular formula is C11H18N2OS. The van der Waals surface area contributed by atoms with Crippen molar-refractivity contribution in [2.45, 2.75) is 38.8 Å². The van der Waals surface area contributed by atoms with Gasteiger partial charge in [-0.2, -0.15) is 0 Å². The van der Waals surface area contributed by atoms with Crippen LogP contribution in [-0.4, -0.2) is 24.2 Å². The molecule has 1 saturated carbocycles. The molecule has 1 aromatic heterocycles. The Kier molecular flexibility index (Phi) is 4.11. The molecule has 15 heavy (non-hydrogen) atoms. The van der Waals surface area contributed by atoms with Gasteiger partial charge >= 0.3 is 0 Å². The Labute approximate surface area is 94.9 Å². The number of nitrogens with zero attached hydrogens (tertiary/aromatic N) is 1. The van der Waals surface area contributed by atoms with E-state index in [2.05, 4.69) is 15.7 Å². The Morgan fingerprint density at radius 2 is 2.47 bits per heavy atom. The van der Waals surface area contributed by atoms with Gasteiger partial charge in [-0.25, -0.2) is 4.98 Å². The van der Waals surface area contributed by atoms with Crippen molar-refractivity contribution in [2.75, 3.05) is 13.2 Å². The van der Waals surface area contributed by atoms with Crippen LogP contribution in [0.5, 0.6) is 0 Å². The molecule has 0 bridgehead atoms. The molecule has 2 rings (SSSR count). The van der Waals surface area contributed by atoms with E-state index in [0.717, 1.165) is 30.6 Å². The van der Waals surface area contributed by atoms with Gasteiger partial charge in [0.25, 0.3) is 0 Å². The van der Waals surface area contributed by atoms with Crippen molar-refractivity contribution in [3.8, 4) is 0 Å². The molecule has 4 heteroatoms. The summed E-state index contributed by atoms with van der Waals surface area (Å²) in [5, 5.41) is 6.73. The van der Waals surface area contributed by atoms with Crippen LogP contribution in [0.3, 0.4) is 0 Å². The summed E-state index contributed by atoms with van der Waals surface area (Å²) in [4.78, 5) is 4.52. The number of rotatable bonds is 7. The molecule has 0 radical (unpaired) electrons. The summed E-state index contributed by atoms with van der Waals surface area (Å²) in [6.45, 7) is 4.49. The third kappa shape index (κ3) is 3.89. The van der Waals surface area contributed by atoms with Crippen molar-refractivity contribution in [1.29, 1.82) is 0 Å². The molecule has 1 aliphatic rings. The van der Waals surface area contributed by atoms with Crippen molar-refractivity contribution in [2.24, 2.45) is 0 Å². The zero-order valence-corrected chi connectivity index (χ0v) is 9.98. The fraction of sp³-hybridized carbons (Fsp3) is 0.727. The summed E-state index contributed by atoms with van der Waals surface area (Å²) in [5.41, 5.74) is 1.20. The quantitative estimate of drug-likeness (QED) is 0.772. The van der Waals surface area contributed by atoms with Crippen LogP contribution in [0, 0.1) is 0 Å². The fourth-order valence-corrected chi connectivity index (χ4v) is 2.18. The maximum atomic E-state index is 5.32. The summed E-state index contributed by atoms with van der Waals surface area (Å²) in [6.07, 6.45) is 3.75. The van der Waals surface area contributed by atoms with Crippen molar-refractivity contribution >= 4 is 11.3 Å². The van der Waals surface area contributed by atoms with Gasteiger partial charge in [-0.15, -0.1) is 11.3 Å². The molecule has 0 spiro atoms. The maximum Gasteiger partial charge on any atom is 0.119 e. The first-order chi connectivity index (χ1) is 7.38. The third-order valence-corrected chi connectivity index (χ3v) is 3.29. The molecule has 0 saturated heterocycles. The molecule has 1 heterocycles. The number of aromatic nitrogens is 1. The van der Waals surface area contributed by atoms with E-state index < -0.39 is 0 Å². The Morgan fingerprint density at radius 1 is 1.60 bits per heavy atom. The molecule has 0 atom stereocenters. The molecule has 84 valence electrons. The molecule has 1 fully saturated rings. The molecule has 0 amide bonds. The minimum absolute atomic E-state index is 0.664. The summed E-state index contributed by atoms with van der Waals surface area (Å²) >= 11 is 1.70. The number of ether oxygens (including phenoxy) is 1. The topological polar surface area (TPSA) is 34.1 Å². The van der Waals surface area contributed by atoms with Crippen LogP contribution in [0.25, 0.3) is 0 Å². The summed E-state index contributed by atoms with van der Waals surface area (Å²) in [5.74, 6) is 0. The minimum atomic E-state index is 0.664. The van der Waals surface area contributed by atoms with Crippen molar-refractivity contribution in [3.63, 3.8) is 0 Å². The molecule has 3 nitrogen and oxygen atoms in total. The van der Waals surface area contributed by atoms with E-state index in [1.807, 2.05) is 6.92 Å². The van der Waals surface area contributed by atoms with Crippen LogP contribution in [0.2, 0.25) is 0 Å². The minimum Gasteiger partial charge on any atom is -0.375 e. The molecule has 1 aromatic rings. The van der Waals surface area contributed by atoms with Crippen LogP contribution in [0.1, 0.15) is 30.5 Å². The van der Waals surface area contributed by atoms with Gasteiger partial charge in [0.05, 0.1) is 12.3 Å². The Morgan fingerprint density at radius 3 is 3.20 bits per heavy atom. The highest BCUT2D eigenvalue weighted by atomic mass is 32.1. The van der Waals surface area contributed by atoms with Crippen LogP contribution >= 0.6 is 11.3 Å². The van der Waals surface area contributed by atoms with E-state index >= 15 is 0 Å². The Hall–Kier alpha value is -0.450. The molecule has 0 aliphatic heterocycles. The van der Waals surface area contributed by atoms with E-state index in [4.69, 9.17) is 4.74 Å². The predicted molar refractivity (Wildman–Crippen MR) is 62.2 cm³/mol. The lowest BCUT2D eigenvalue weighted by molar-refractivity contribution is 0.134. The normalized spacial score (nSPS) is 15.8. The lowest BCUT2D eigenvalue weighted by Crippen LogP contribution is -2.19. The molecule has 1 aliphatic carbocycles. The van der Waals surface area contributed by atoms with Gasteiger partial charge in [0.2, 0.25) is 0 Å². The summed E-state index contributed by atoms with van der Waals surface area (Å²) < 4.78 is 5.32. The van der Waals surface area contributed by atoms with Crippen molar-refractivity contribution < 1.29 is 4.74 Å². The van der Waals surface area contributed by atoms with E-state index in [-0.39, 0.29) is 0 Å². The zero-order valence-electron chi connectivity index (χ0n) is 9.16. The highest BCUT2D eigenvalue weighted by molar-refractivity contribution is 7.09. The van der Waals surface area contributed by atoms with Gasteiger partial charge in [-0.3, -0.25) is 0 Å². The highest BCUT2D eigenvalue weighted by Crippen LogP contribution is 2.18. The largest absolute Gasteiger partial charge is 0.375 e. The molecule has 1 N–H and O–H groups in total. The lowest BCUT2D eigenvalue weighted by atomic mass is 10.3. The second-order valence-corrected chi connectivity index (χ2v) is 4.79. The van der Waals surface area contributed by atoms with Gasteiger partial charge in [-0.1, -0.05) is 0 Å². The second kappa shape index (κ2) is 5.58. The monoisotopic (exact) mass is 226 g/mol. The standard InChI is InChI=1S/C11H18N2OS/c1-2-14-7-11-13-10(8-15-11)5-6-12-9-3-4-9/h8-9,12H,2-7H2,1H3. The number of nitrogens with one attached hydrogen (secondary N) is 1. The van der Waals surface area contributed by atoms with E-state index in [0.29, 0.717) is 6.61 Å². The van der Waals surface area contributed by atoms with Crippen molar-refractivity contribution in [3.05, 3.63) is 16.1 Å². The average Bonchev–Trinajstić information content (AvgIpc) is 2.95. The number of hydrogen-bond donors (Lipinski definition) is 1. The molecule has 0 aromatic carbocycles. The van der Waals surface area contributed by atoms with Gasteiger partial charge in [-0.05, 0) is 19.8 Å². The summed E-state index contributed by atoms with van der Waals surface area (Å²) in [7, 11) is 0. The second-order valence-electron chi connectivity index (χ2n) is 3.85. The first kappa shape index (κ1) is 11.0. The van der Waals surface area contributed by atoms with E-state index in [1.165, 1.54) is 18.5 Å². The van der Waals surface area contributed by atoms with Crippen LogP contribution < -0.4 is 5.32 Å². The van der Waals surface area contributed by atoms with Gasteiger partial charge in [0.15, 0.2) is 0 Å². The summed E-state index contributed by atoms with van der Waals surface area (Å²) in [6, 6.07) is 0.798. The average molecular weight is 226 g/mol.